The predicted octanol–water partition coefficient (Wildman–Crippen LogP) is 4.10. The number of hydrogen-bond acceptors (Lipinski definition) is 4. The lowest BCUT2D eigenvalue weighted by Gasteiger charge is -2.36. The van der Waals surface area contributed by atoms with E-state index >= 15 is 0 Å². The number of ether oxygens (including phenoxy) is 3. The van der Waals surface area contributed by atoms with Gasteiger partial charge in [-0.1, -0.05) is 33.3 Å². The Morgan fingerprint density at radius 3 is 2.88 bits per heavy atom. The summed E-state index contributed by atoms with van der Waals surface area (Å²) in [5, 5.41) is 2.85. The van der Waals surface area contributed by atoms with Gasteiger partial charge in [-0.25, -0.2) is 4.79 Å². The molecule has 5 nitrogen and oxygen atoms in total. The van der Waals surface area contributed by atoms with Crippen LogP contribution in [-0.2, 0) is 11.3 Å². The molecule has 2 aliphatic rings. The van der Waals surface area contributed by atoms with Crippen molar-refractivity contribution in [1.29, 1.82) is 0 Å². The molecule has 0 radical (unpaired) electrons. The average molecular weight is 333 g/mol. The summed E-state index contributed by atoms with van der Waals surface area (Å²) in [7, 11) is 0. The van der Waals surface area contributed by atoms with Gasteiger partial charge in [0.05, 0.1) is 0 Å². The molecule has 1 aliphatic heterocycles. The summed E-state index contributed by atoms with van der Waals surface area (Å²) in [5.74, 6) is 3.08. The zero-order valence-electron chi connectivity index (χ0n) is 14.7. The summed E-state index contributed by atoms with van der Waals surface area (Å²) in [6, 6.07) is 5.68. The summed E-state index contributed by atoms with van der Waals surface area (Å²) >= 11 is 0. The molecule has 24 heavy (non-hydrogen) atoms. The minimum atomic E-state index is -0.336. The number of hydrogen-bond donors (Lipinski definition) is 1. The van der Waals surface area contributed by atoms with Gasteiger partial charge in [-0.15, -0.1) is 0 Å². The van der Waals surface area contributed by atoms with Gasteiger partial charge in [-0.2, -0.15) is 0 Å². The van der Waals surface area contributed by atoms with Gasteiger partial charge in [0.1, 0.15) is 6.10 Å². The van der Waals surface area contributed by atoms with E-state index in [0.29, 0.717) is 24.3 Å². The number of carbonyl (C=O) groups excluding carboxylic acids is 1. The second kappa shape index (κ2) is 7.32. The van der Waals surface area contributed by atoms with Crippen LogP contribution in [0.3, 0.4) is 0 Å². The molecule has 3 rings (SSSR count). The van der Waals surface area contributed by atoms with Crippen LogP contribution in [0.1, 0.15) is 45.6 Å². The Morgan fingerprint density at radius 1 is 1.29 bits per heavy atom. The molecule has 0 aromatic heterocycles. The third kappa shape index (κ3) is 3.94. The van der Waals surface area contributed by atoms with Crippen molar-refractivity contribution in [3.63, 3.8) is 0 Å². The number of rotatable bonds is 4. The first-order valence-corrected chi connectivity index (χ1v) is 8.86. The van der Waals surface area contributed by atoms with Gasteiger partial charge in [-0.3, -0.25) is 0 Å². The average Bonchev–Trinajstić information content (AvgIpc) is 3.00. The maximum atomic E-state index is 12.2. The molecule has 3 atom stereocenters. The Kier molecular flexibility index (Phi) is 5.17. The second-order valence-electron chi connectivity index (χ2n) is 7.31. The highest BCUT2D eigenvalue weighted by Gasteiger charge is 2.33. The standard InChI is InChI=1S/C19H27NO4/c1-12(2)15-6-4-13(3)8-17(15)24-19(21)20-10-14-5-7-16-18(9-14)23-11-22-16/h5,7,9,12-13,15,17H,4,6,8,10-11H2,1-3H3,(H,20,21)/t13-,15?,17-/m0/s1. The fourth-order valence-electron chi connectivity index (χ4n) is 3.65. The summed E-state index contributed by atoms with van der Waals surface area (Å²) in [4.78, 5) is 12.2. The van der Waals surface area contributed by atoms with Gasteiger partial charge in [0.15, 0.2) is 11.5 Å². The van der Waals surface area contributed by atoms with Gasteiger partial charge in [0.25, 0.3) is 0 Å². The molecule has 1 unspecified atom stereocenters. The van der Waals surface area contributed by atoms with Crippen LogP contribution in [0.25, 0.3) is 0 Å². The maximum Gasteiger partial charge on any atom is 0.407 e. The summed E-state index contributed by atoms with van der Waals surface area (Å²) < 4.78 is 16.4. The molecule has 1 amide bonds. The predicted molar refractivity (Wildman–Crippen MR) is 91.0 cm³/mol. The van der Waals surface area contributed by atoms with Gasteiger partial charge in [0, 0.05) is 6.54 Å². The van der Waals surface area contributed by atoms with Crippen molar-refractivity contribution in [1.82, 2.24) is 5.32 Å². The number of carbonyl (C=O) groups is 1. The Hall–Kier alpha value is -1.91. The molecular formula is C19H27NO4. The number of nitrogens with one attached hydrogen (secondary N) is 1. The van der Waals surface area contributed by atoms with Crippen LogP contribution >= 0.6 is 0 Å². The SMILES string of the molecule is CC(C)C1CC[C@H](C)C[C@@H]1OC(=O)NCc1ccc2c(c1)OCO2. The Bertz CT molecular complexity index is 587. The van der Waals surface area contributed by atoms with Crippen molar-refractivity contribution in [3.05, 3.63) is 23.8 Å². The fourth-order valence-corrected chi connectivity index (χ4v) is 3.65. The molecule has 132 valence electrons. The van der Waals surface area contributed by atoms with Gasteiger partial charge in [-0.05, 0) is 48.3 Å². The fraction of sp³-hybridized carbons (Fsp3) is 0.632. The quantitative estimate of drug-likeness (QED) is 0.901. The van der Waals surface area contributed by atoms with Crippen LogP contribution in [0, 0.1) is 17.8 Å². The number of alkyl carbamates (subject to hydrolysis) is 1. The first-order valence-electron chi connectivity index (χ1n) is 8.86. The number of fused-ring (bicyclic) bond motifs is 1. The van der Waals surface area contributed by atoms with Crippen molar-refractivity contribution in [3.8, 4) is 11.5 Å². The zero-order valence-corrected chi connectivity index (χ0v) is 14.7. The van der Waals surface area contributed by atoms with E-state index in [2.05, 4.69) is 26.1 Å². The highest BCUT2D eigenvalue weighted by atomic mass is 16.7. The van der Waals surface area contributed by atoms with Gasteiger partial charge in [0.2, 0.25) is 6.79 Å². The molecule has 1 aliphatic carbocycles. The Balaban J connectivity index is 1.53. The van der Waals surface area contributed by atoms with E-state index in [-0.39, 0.29) is 19.0 Å². The third-order valence-electron chi connectivity index (χ3n) is 5.09. The first-order chi connectivity index (χ1) is 11.5. The Morgan fingerprint density at radius 2 is 2.08 bits per heavy atom. The van der Waals surface area contributed by atoms with E-state index in [1.807, 2.05) is 18.2 Å². The molecule has 1 saturated carbocycles. The molecule has 5 heteroatoms. The molecular weight excluding hydrogens is 306 g/mol. The first kappa shape index (κ1) is 16.9. The molecule has 1 N–H and O–H groups in total. The van der Waals surface area contributed by atoms with Crippen molar-refractivity contribution in [2.75, 3.05) is 6.79 Å². The lowest BCUT2D eigenvalue weighted by molar-refractivity contribution is 0.00601. The van der Waals surface area contributed by atoms with Crippen LogP contribution in [0.15, 0.2) is 18.2 Å². The summed E-state index contributed by atoms with van der Waals surface area (Å²) in [6.07, 6.45) is 3.00. The van der Waals surface area contributed by atoms with E-state index in [0.717, 1.165) is 29.9 Å². The smallest absolute Gasteiger partial charge is 0.407 e. The zero-order chi connectivity index (χ0) is 17.1. The normalized spacial score (nSPS) is 25.6. The van der Waals surface area contributed by atoms with Crippen LogP contribution < -0.4 is 14.8 Å². The summed E-state index contributed by atoms with van der Waals surface area (Å²) in [6.45, 7) is 7.33. The van der Waals surface area contributed by atoms with Gasteiger partial charge >= 0.3 is 6.09 Å². The van der Waals surface area contributed by atoms with Gasteiger partial charge < -0.3 is 19.5 Å². The molecule has 0 bridgehead atoms. The van der Waals surface area contributed by atoms with E-state index in [1.54, 1.807) is 0 Å². The molecule has 0 spiro atoms. The number of amides is 1. The minimum absolute atomic E-state index is 0.0190. The van der Waals surface area contributed by atoms with E-state index < -0.39 is 0 Å². The highest BCUT2D eigenvalue weighted by molar-refractivity contribution is 5.67. The van der Waals surface area contributed by atoms with Crippen molar-refractivity contribution < 1.29 is 19.0 Å². The molecule has 1 heterocycles. The topological polar surface area (TPSA) is 56.8 Å². The van der Waals surface area contributed by atoms with Crippen LogP contribution in [0.5, 0.6) is 11.5 Å². The number of benzene rings is 1. The Labute approximate surface area is 143 Å². The van der Waals surface area contributed by atoms with E-state index in [4.69, 9.17) is 14.2 Å². The highest BCUT2D eigenvalue weighted by Crippen LogP contribution is 2.35. The van der Waals surface area contributed by atoms with Crippen molar-refractivity contribution in [2.24, 2.45) is 17.8 Å². The maximum absolute atomic E-state index is 12.2. The van der Waals surface area contributed by atoms with Crippen LogP contribution in [0.4, 0.5) is 4.79 Å². The monoisotopic (exact) mass is 333 g/mol. The van der Waals surface area contributed by atoms with Crippen molar-refractivity contribution in [2.45, 2.75) is 52.7 Å². The van der Waals surface area contributed by atoms with E-state index in [1.165, 1.54) is 6.42 Å². The van der Waals surface area contributed by atoms with E-state index in [9.17, 15) is 4.79 Å². The minimum Gasteiger partial charge on any atom is -0.454 e. The van der Waals surface area contributed by atoms with Crippen molar-refractivity contribution >= 4 is 6.09 Å². The molecule has 0 saturated heterocycles. The molecule has 1 aromatic carbocycles. The molecule has 1 aromatic rings. The van der Waals surface area contributed by atoms with Crippen LogP contribution in [0.2, 0.25) is 0 Å². The third-order valence-corrected chi connectivity index (χ3v) is 5.09. The lowest BCUT2D eigenvalue weighted by atomic mass is 9.75. The largest absolute Gasteiger partial charge is 0.454 e. The lowest BCUT2D eigenvalue weighted by Crippen LogP contribution is -2.38. The van der Waals surface area contributed by atoms with Crippen LogP contribution in [-0.4, -0.2) is 19.0 Å². The summed E-state index contributed by atoms with van der Waals surface area (Å²) in [5.41, 5.74) is 0.966. The second-order valence-corrected chi connectivity index (χ2v) is 7.31. The molecule has 1 fully saturated rings.